The van der Waals surface area contributed by atoms with E-state index in [9.17, 15) is 14.4 Å². The number of pyridine rings is 1. The highest BCUT2D eigenvalue weighted by molar-refractivity contribution is 6.00. The van der Waals surface area contributed by atoms with Crippen molar-refractivity contribution in [3.63, 3.8) is 0 Å². The molecule has 0 radical (unpaired) electrons. The van der Waals surface area contributed by atoms with Gasteiger partial charge in [0, 0.05) is 44.2 Å². The largest absolute Gasteiger partial charge is 0.481 e. The van der Waals surface area contributed by atoms with Crippen molar-refractivity contribution in [2.75, 3.05) is 6.54 Å². The minimum atomic E-state index is -0.742. The van der Waals surface area contributed by atoms with Crippen LogP contribution in [0.1, 0.15) is 119 Å². The molecule has 0 aliphatic carbocycles. The number of aromatic nitrogens is 1. The van der Waals surface area contributed by atoms with Crippen molar-refractivity contribution in [2.24, 2.45) is 0 Å². The molecule has 6 nitrogen and oxygen atoms in total. The number of rotatable bonds is 14. The Balaban J connectivity index is 1.95. The molecule has 0 spiro atoms. The van der Waals surface area contributed by atoms with Crippen molar-refractivity contribution >= 4 is 28.9 Å². The van der Waals surface area contributed by atoms with Crippen molar-refractivity contribution in [2.45, 2.75) is 97.8 Å². The Hall–Kier alpha value is -3.15. The summed E-state index contributed by atoms with van der Waals surface area (Å²) in [6.07, 6.45) is 6.02. The number of aliphatic carboxylic acids is 1. The lowest BCUT2D eigenvalue weighted by molar-refractivity contribution is -0.439. The second-order valence-corrected chi connectivity index (χ2v) is 10.6. The first-order chi connectivity index (χ1) is 17.6. The molecule has 1 N–H and O–H groups in total. The molecule has 0 saturated heterocycles. The highest BCUT2D eigenvalue weighted by Gasteiger charge is 2.42. The number of benzene rings is 1. The van der Waals surface area contributed by atoms with E-state index in [-0.39, 0.29) is 23.4 Å². The molecule has 1 aromatic heterocycles. The standard InChI is InChI=1S/C31H40N2O4/c1-6-8-13-29(35)26-20-23(19-25(32-26)28(34)12-7-2)22-15-16-27-24(18-22)31(4,5)21(3)33(27)17-11-9-10-14-30(36)37/h15-16,18-20H,6-14,17H2,1-5H3/p+1. The van der Waals surface area contributed by atoms with E-state index in [2.05, 4.69) is 55.5 Å². The average Bonchev–Trinajstić information content (AvgIpc) is 3.06. The monoisotopic (exact) mass is 505 g/mol. The zero-order valence-corrected chi connectivity index (χ0v) is 23.0. The number of carbonyl (C=O) groups is 3. The number of hydrogen-bond donors (Lipinski definition) is 1. The quantitative estimate of drug-likeness (QED) is 0.167. The predicted octanol–water partition coefficient (Wildman–Crippen LogP) is 7.15. The van der Waals surface area contributed by atoms with Crippen molar-refractivity contribution in [1.29, 1.82) is 0 Å². The van der Waals surface area contributed by atoms with Crippen LogP contribution in [0.15, 0.2) is 30.3 Å². The van der Waals surface area contributed by atoms with Gasteiger partial charge in [0.15, 0.2) is 17.3 Å². The number of carbonyl (C=O) groups excluding carboxylic acids is 2. The van der Waals surface area contributed by atoms with Crippen molar-refractivity contribution in [3.05, 3.63) is 47.3 Å². The second-order valence-electron chi connectivity index (χ2n) is 10.6. The predicted molar refractivity (Wildman–Crippen MR) is 147 cm³/mol. The topological polar surface area (TPSA) is 87.3 Å². The van der Waals surface area contributed by atoms with Crippen LogP contribution in [-0.2, 0) is 10.2 Å². The van der Waals surface area contributed by atoms with Gasteiger partial charge in [0.05, 0.1) is 5.41 Å². The van der Waals surface area contributed by atoms with Gasteiger partial charge in [0.25, 0.3) is 0 Å². The average molecular weight is 506 g/mol. The van der Waals surface area contributed by atoms with Gasteiger partial charge in [-0.15, -0.1) is 0 Å². The lowest BCUT2D eigenvalue weighted by atomic mass is 9.81. The van der Waals surface area contributed by atoms with Gasteiger partial charge in [-0.2, -0.15) is 4.58 Å². The van der Waals surface area contributed by atoms with Gasteiger partial charge >= 0.3 is 5.97 Å². The van der Waals surface area contributed by atoms with E-state index in [4.69, 9.17) is 5.11 Å². The summed E-state index contributed by atoms with van der Waals surface area (Å²) in [5.74, 6) is -0.795. The second kappa shape index (κ2) is 12.4. The number of carboxylic acid groups (broad SMARTS) is 1. The third-order valence-corrected chi connectivity index (χ3v) is 7.51. The van der Waals surface area contributed by atoms with E-state index in [1.807, 2.05) is 19.1 Å². The third kappa shape index (κ3) is 6.60. The van der Waals surface area contributed by atoms with Gasteiger partial charge in [-0.05, 0) is 74.9 Å². The van der Waals surface area contributed by atoms with E-state index < -0.39 is 5.97 Å². The maximum atomic E-state index is 12.9. The summed E-state index contributed by atoms with van der Waals surface area (Å²) in [7, 11) is 0. The summed E-state index contributed by atoms with van der Waals surface area (Å²) in [6.45, 7) is 11.5. The van der Waals surface area contributed by atoms with Crippen LogP contribution < -0.4 is 0 Å². The fourth-order valence-corrected chi connectivity index (χ4v) is 4.98. The Kier molecular flexibility index (Phi) is 9.52. The molecular formula is C31H41N2O4+. The first-order valence-electron chi connectivity index (χ1n) is 13.7. The molecule has 3 rings (SSSR count). The highest BCUT2D eigenvalue weighted by atomic mass is 16.4. The van der Waals surface area contributed by atoms with Gasteiger partial charge < -0.3 is 5.11 Å². The molecular weight excluding hydrogens is 464 g/mol. The molecule has 6 heteroatoms. The lowest BCUT2D eigenvalue weighted by Crippen LogP contribution is -2.26. The molecule has 198 valence electrons. The number of nitrogens with zero attached hydrogens (tertiary/aromatic N) is 2. The number of ketones is 2. The molecule has 0 amide bonds. The molecule has 0 atom stereocenters. The van der Waals surface area contributed by atoms with Crippen LogP contribution in [0.5, 0.6) is 0 Å². The summed E-state index contributed by atoms with van der Waals surface area (Å²) in [5, 5.41) is 8.89. The van der Waals surface area contributed by atoms with E-state index in [1.54, 1.807) is 0 Å². The number of fused-ring (bicyclic) bond motifs is 1. The highest BCUT2D eigenvalue weighted by Crippen LogP contribution is 2.42. The summed E-state index contributed by atoms with van der Waals surface area (Å²) in [4.78, 5) is 40.9. The van der Waals surface area contributed by atoms with Gasteiger partial charge in [-0.1, -0.05) is 20.3 Å². The molecule has 37 heavy (non-hydrogen) atoms. The molecule has 0 saturated carbocycles. The Labute approximate surface area is 220 Å². The van der Waals surface area contributed by atoms with E-state index >= 15 is 0 Å². The summed E-state index contributed by atoms with van der Waals surface area (Å²) >= 11 is 0. The zero-order valence-electron chi connectivity index (χ0n) is 23.0. The summed E-state index contributed by atoms with van der Waals surface area (Å²) < 4.78 is 2.35. The van der Waals surface area contributed by atoms with Crippen LogP contribution in [0.25, 0.3) is 11.1 Å². The molecule has 2 aromatic rings. The van der Waals surface area contributed by atoms with Gasteiger partial charge in [0.1, 0.15) is 17.9 Å². The summed E-state index contributed by atoms with van der Waals surface area (Å²) in [6, 6.07) is 10.0. The summed E-state index contributed by atoms with van der Waals surface area (Å²) in [5.41, 5.74) is 6.03. The van der Waals surface area contributed by atoms with Crippen LogP contribution >= 0.6 is 0 Å². The molecule has 1 aliphatic heterocycles. The lowest BCUT2D eigenvalue weighted by Gasteiger charge is -2.16. The molecule has 1 aromatic carbocycles. The maximum absolute atomic E-state index is 12.9. The number of carboxylic acids is 1. The Morgan fingerprint density at radius 2 is 1.51 bits per heavy atom. The van der Waals surface area contributed by atoms with Crippen LogP contribution in [0.4, 0.5) is 5.69 Å². The van der Waals surface area contributed by atoms with Crippen molar-refractivity contribution in [1.82, 2.24) is 4.98 Å². The molecule has 1 aliphatic rings. The van der Waals surface area contributed by atoms with Gasteiger partial charge in [0.2, 0.25) is 5.69 Å². The fraction of sp³-hybridized carbons (Fsp3) is 0.516. The molecule has 2 heterocycles. The van der Waals surface area contributed by atoms with Crippen LogP contribution in [0.3, 0.4) is 0 Å². The first kappa shape index (κ1) is 28.4. The van der Waals surface area contributed by atoms with Crippen LogP contribution in [0.2, 0.25) is 0 Å². The molecule has 0 bridgehead atoms. The zero-order chi connectivity index (χ0) is 27.2. The van der Waals surface area contributed by atoms with E-state index in [0.29, 0.717) is 30.7 Å². The Morgan fingerprint density at radius 3 is 2.14 bits per heavy atom. The first-order valence-corrected chi connectivity index (χ1v) is 13.7. The number of Topliss-reactive ketones (excluding diaryl/α,β-unsaturated/α-hetero) is 2. The molecule has 0 fully saturated rings. The van der Waals surface area contributed by atoms with Crippen LogP contribution in [0, 0.1) is 0 Å². The maximum Gasteiger partial charge on any atom is 0.303 e. The minimum Gasteiger partial charge on any atom is -0.481 e. The number of unbranched alkanes of at least 4 members (excludes halogenated alkanes) is 3. The SMILES string of the molecule is CCCCC(=O)c1cc(-c2ccc3c(c2)C(C)(C)C(C)=[N+]3CCCCCC(=O)O)cc(C(=O)CCC)n1. The van der Waals surface area contributed by atoms with E-state index in [1.165, 1.54) is 17.0 Å². The normalized spacial score (nSPS) is 14.1. The van der Waals surface area contributed by atoms with Crippen molar-refractivity contribution < 1.29 is 24.1 Å². The smallest absolute Gasteiger partial charge is 0.303 e. The van der Waals surface area contributed by atoms with Gasteiger partial charge in [-0.3, -0.25) is 14.4 Å². The van der Waals surface area contributed by atoms with Crippen molar-refractivity contribution in [3.8, 4) is 11.1 Å². The Bertz CT molecular complexity index is 1210. The number of hydrogen-bond acceptors (Lipinski definition) is 4. The van der Waals surface area contributed by atoms with E-state index in [0.717, 1.165) is 49.8 Å². The third-order valence-electron chi connectivity index (χ3n) is 7.51. The molecule has 0 unspecified atom stereocenters. The fourth-order valence-electron chi connectivity index (χ4n) is 4.98. The van der Waals surface area contributed by atoms with Gasteiger partial charge in [-0.25, -0.2) is 4.98 Å². The minimum absolute atomic E-state index is 0.0195. The Morgan fingerprint density at radius 1 is 0.838 bits per heavy atom. The van der Waals surface area contributed by atoms with Crippen LogP contribution in [-0.4, -0.2) is 44.5 Å².